The molecule has 3 nitrogen and oxygen atoms in total. The highest BCUT2D eigenvalue weighted by molar-refractivity contribution is 5.24. The van der Waals surface area contributed by atoms with Crippen molar-refractivity contribution in [2.75, 3.05) is 6.54 Å². The molecule has 0 aromatic carbocycles. The lowest BCUT2D eigenvalue weighted by molar-refractivity contribution is 0.337. The lowest BCUT2D eigenvalue weighted by atomic mass is 10.2. The van der Waals surface area contributed by atoms with E-state index in [4.69, 9.17) is 0 Å². The molecular weight excluding hydrogens is 222 g/mol. The second kappa shape index (κ2) is 8.12. The zero-order valence-electron chi connectivity index (χ0n) is 11.0. The summed E-state index contributed by atoms with van der Waals surface area (Å²) in [5.41, 5.74) is 1.20. The first-order valence-electron chi connectivity index (χ1n) is 6.11. The number of aromatic amines is 1. The van der Waals surface area contributed by atoms with Crippen molar-refractivity contribution in [3.05, 3.63) is 67.5 Å². The number of hydrogen-bond acceptors (Lipinski definition) is 2. The Kier molecular flexibility index (Phi) is 6.33. The molecule has 2 heterocycles. The Bertz CT molecular complexity index is 413. The molecule has 1 aliphatic heterocycles. The van der Waals surface area contributed by atoms with E-state index < -0.39 is 0 Å². The quantitative estimate of drug-likeness (QED) is 0.825. The number of hydrogen-bond donors (Lipinski definition) is 1. The van der Waals surface area contributed by atoms with Crippen molar-refractivity contribution in [2.24, 2.45) is 0 Å². The van der Waals surface area contributed by atoms with Gasteiger partial charge in [-0.15, -0.1) is 6.58 Å². The molecule has 1 N–H and O–H groups in total. The van der Waals surface area contributed by atoms with E-state index in [2.05, 4.69) is 40.2 Å². The first kappa shape index (κ1) is 14.0. The van der Waals surface area contributed by atoms with Crippen molar-refractivity contribution < 1.29 is 0 Å². The van der Waals surface area contributed by atoms with Gasteiger partial charge in [0.15, 0.2) is 0 Å². The highest BCUT2D eigenvalue weighted by atomic mass is 15.2. The van der Waals surface area contributed by atoms with Crippen LogP contribution >= 0.6 is 0 Å². The fourth-order valence-corrected chi connectivity index (χ4v) is 1.69. The maximum absolute atomic E-state index is 4.23. The van der Waals surface area contributed by atoms with E-state index >= 15 is 0 Å². The number of nitrogens with zero attached hydrogens (tertiary/aromatic N) is 2. The van der Waals surface area contributed by atoms with Crippen molar-refractivity contribution in [3.63, 3.8) is 0 Å². The predicted octanol–water partition coefficient (Wildman–Crippen LogP) is 3.43. The fourth-order valence-electron chi connectivity index (χ4n) is 1.69. The van der Waals surface area contributed by atoms with Crippen molar-refractivity contribution in [2.45, 2.75) is 19.9 Å². The van der Waals surface area contributed by atoms with Crippen molar-refractivity contribution in [1.29, 1.82) is 0 Å². The zero-order valence-corrected chi connectivity index (χ0v) is 11.0. The minimum absolute atomic E-state index is 0.830. The van der Waals surface area contributed by atoms with Crippen LogP contribution in [0.5, 0.6) is 0 Å². The Labute approximate surface area is 109 Å². The third-order valence-corrected chi connectivity index (χ3v) is 2.40. The van der Waals surface area contributed by atoms with Gasteiger partial charge in [-0.3, -0.25) is 0 Å². The van der Waals surface area contributed by atoms with Crippen molar-refractivity contribution >= 4 is 0 Å². The molecule has 1 aliphatic rings. The van der Waals surface area contributed by atoms with Gasteiger partial charge in [0.2, 0.25) is 0 Å². The Morgan fingerprint density at radius 2 is 2.28 bits per heavy atom. The smallest absolute Gasteiger partial charge is 0.125 e. The summed E-state index contributed by atoms with van der Waals surface area (Å²) in [6.07, 6.45) is 14.6. The summed E-state index contributed by atoms with van der Waals surface area (Å²) in [5.74, 6) is 1.00. The molecule has 1 aromatic rings. The summed E-state index contributed by atoms with van der Waals surface area (Å²) in [6.45, 7) is 10.8. The molecule has 1 aromatic heterocycles. The second-order valence-corrected chi connectivity index (χ2v) is 3.88. The van der Waals surface area contributed by atoms with Crippen LogP contribution in [0.3, 0.4) is 0 Å². The van der Waals surface area contributed by atoms with Gasteiger partial charge in [0.05, 0.1) is 6.54 Å². The topological polar surface area (TPSA) is 31.9 Å². The van der Waals surface area contributed by atoms with Gasteiger partial charge in [0.25, 0.3) is 0 Å². The molecule has 96 valence electrons. The van der Waals surface area contributed by atoms with Crippen LogP contribution in [-0.2, 0) is 6.54 Å². The lowest BCUT2D eigenvalue weighted by Crippen LogP contribution is -2.25. The van der Waals surface area contributed by atoms with Crippen LogP contribution in [0.4, 0.5) is 0 Å². The summed E-state index contributed by atoms with van der Waals surface area (Å²) in [7, 11) is 0. The third-order valence-electron chi connectivity index (χ3n) is 2.40. The van der Waals surface area contributed by atoms with E-state index in [0.29, 0.717) is 0 Å². The molecule has 3 heteroatoms. The Hall–Kier alpha value is -2.03. The normalized spacial score (nSPS) is 16.1. The average Bonchev–Trinajstić information content (AvgIpc) is 2.86. The first-order valence-corrected chi connectivity index (χ1v) is 6.11. The molecule has 0 unspecified atom stereocenters. The van der Waals surface area contributed by atoms with Crippen molar-refractivity contribution in [3.8, 4) is 0 Å². The molecule has 2 rings (SSSR count). The summed E-state index contributed by atoms with van der Waals surface area (Å²) in [5, 5.41) is 0. The van der Waals surface area contributed by atoms with Gasteiger partial charge in [0, 0.05) is 24.6 Å². The van der Waals surface area contributed by atoms with E-state index in [9.17, 15) is 0 Å². The van der Waals surface area contributed by atoms with E-state index in [1.807, 2.05) is 25.3 Å². The third kappa shape index (κ3) is 4.45. The Balaban J connectivity index is 0.000000492. The molecular formula is C15H21N3. The van der Waals surface area contributed by atoms with Crippen LogP contribution in [0.2, 0.25) is 0 Å². The Morgan fingerprint density at radius 1 is 1.50 bits per heavy atom. The first-order chi connectivity index (χ1) is 8.81. The van der Waals surface area contributed by atoms with Crippen LogP contribution in [-0.4, -0.2) is 21.4 Å². The summed E-state index contributed by atoms with van der Waals surface area (Å²) in [6, 6.07) is 0. The van der Waals surface area contributed by atoms with Crippen LogP contribution in [0.25, 0.3) is 0 Å². The fraction of sp³-hybridized carbons (Fsp3) is 0.267. The van der Waals surface area contributed by atoms with Crippen LogP contribution < -0.4 is 0 Å². The van der Waals surface area contributed by atoms with Gasteiger partial charge in [-0.1, -0.05) is 24.8 Å². The maximum atomic E-state index is 4.23. The van der Waals surface area contributed by atoms with E-state index in [1.165, 1.54) is 5.70 Å². The lowest BCUT2D eigenvalue weighted by Gasteiger charge is -2.27. The summed E-state index contributed by atoms with van der Waals surface area (Å²) in [4.78, 5) is 9.64. The number of aromatic nitrogens is 2. The average molecular weight is 243 g/mol. The molecule has 0 spiro atoms. The zero-order chi connectivity index (χ0) is 13.2. The number of allylic oxidation sites excluding steroid dienone is 4. The van der Waals surface area contributed by atoms with E-state index in [1.54, 1.807) is 12.3 Å². The number of imidazole rings is 1. The standard InChI is InChI=1S/C12H15N3.C3H6/c1-2-5-11-6-3-4-9-15(11)10-12-13-7-8-14-12;1-3-2/h2-3,5-8H,1,4,9-10H2,(H,13,14);3H,1H2,2H3/b11-5+;. The highest BCUT2D eigenvalue weighted by Gasteiger charge is 2.11. The van der Waals surface area contributed by atoms with E-state index in [0.717, 1.165) is 25.3 Å². The summed E-state index contributed by atoms with van der Waals surface area (Å²) >= 11 is 0. The van der Waals surface area contributed by atoms with Gasteiger partial charge < -0.3 is 9.88 Å². The molecule has 18 heavy (non-hydrogen) atoms. The van der Waals surface area contributed by atoms with Gasteiger partial charge in [-0.25, -0.2) is 4.98 Å². The molecule has 0 bridgehead atoms. The number of rotatable bonds is 3. The Morgan fingerprint density at radius 3 is 2.89 bits per heavy atom. The van der Waals surface area contributed by atoms with Crippen LogP contribution in [0.1, 0.15) is 19.2 Å². The summed E-state index contributed by atoms with van der Waals surface area (Å²) < 4.78 is 0. The van der Waals surface area contributed by atoms with E-state index in [-0.39, 0.29) is 0 Å². The molecule has 0 radical (unpaired) electrons. The van der Waals surface area contributed by atoms with Crippen molar-refractivity contribution in [1.82, 2.24) is 14.9 Å². The van der Waals surface area contributed by atoms with Crippen LogP contribution in [0, 0.1) is 0 Å². The monoisotopic (exact) mass is 243 g/mol. The number of nitrogens with one attached hydrogen (secondary N) is 1. The number of H-pyrrole nitrogens is 1. The maximum Gasteiger partial charge on any atom is 0.125 e. The molecule has 0 aliphatic carbocycles. The minimum Gasteiger partial charge on any atom is -0.364 e. The molecule has 0 fully saturated rings. The largest absolute Gasteiger partial charge is 0.364 e. The van der Waals surface area contributed by atoms with Gasteiger partial charge in [0.1, 0.15) is 5.82 Å². The van der Waals surface area contributed by atoms with Gasteiger partial charge in [-0.05, 0) is 25.5 Å². The minimum atomic E-state index is 0.830. The predicted molar refractivity (Wildman–Crippen MR) is 76.9 cm³/mol. The second-order valence-electron chi connectivity index (χ2n) is 3.88. The SMILES string of the molecule is C=C/C=C1\C=CCCN1Cc1ncc[nH]1.C=CC. The molecule has 0 saturated heterocycles. The molecule has 0 atom stereocenters. The van der Waals surface area contributed by atoms with Gasteiger partial charge >= 0.3 is 0 Å². The van der Waals surface area contributed by atoms with Crippen LogP contribution in [0.15, 0.2) is 61.6 Å². The van der Waals surface area contributed by atoms with Gasteiger partial charge in [-0.2, -0.15) is 0 Å². The highest BCUT2D eigenvalue weighted by Crippen LogP contribution is 2.15. The molecule has 0 saturated carbocycles. The molecule has 0 amide bonds.